The van der Waals surface area contributed by atoms with Crippen LogP contribution in [0.4, 0.5) is 0 Å². The topological polar surface area (TPSA) is 42.0 Å². The Hall–Kier alpha value is -1.03. The van der Waals surface area contributed by atoms with Gasteiger partial charge in [0.05, 0.1) is 10.3 Å². The van der Waals surface area contributed by atoms with E-state index in [9.17, 15) is 4.79 Å². The first-order chi connectivity index (χ1) is 9.16. The highest BCUT2D eigenvalue weighted by Gasteiger charge is 2.25. The van der Waals surface area contributed by atoms with E-state index in [1.54, 1.807) is 6.20 Å². The first kappa shape index (κ1) is 14.4. The van der Waals surface area contributed by atoms with Crippen molar-refractivity contribution in [2.24, 2.45) is 5.92 Å². The zero-order valence-electron chi connectivity index (χ0n) is 11.6. The number of nitrogens with zero attached hydrogens (tertiary/aromatic N) is 1. The van der Waals surface area contributed by atoms with Gasteiger partial charge in [-0.05, 0) is 37.8 Å². The van der Waals surface area contributed by atoms with Gasteiger partial charge in [0.1, 0.15) is 0 Å². The maximum absolute atomic E-state index is 12.2. The fourth-order valence-corrected chi connectivity index (χ4v) is 3.30. The molecule has 1 amide bonds. The lowest BCUT2D eigenvalue weighted by atomic mass is 9.86. The molecule has 2 rings (SSSR count). The molecule has 0 saturated heterocycles. The summed E-state index contributed by atoms with van der Waals surface area (Å²) in [5, 5.41) is 4.01. The minimum absolute atomic E-state index is 0.0935. The molecule has 3 atom stereocenters. The van der Waals surface area contributed by atoms with Crippen molar-refractivity contribution >= 4 is 17.7 Å². The van der Waals surface area contributed by atoms with E-state index in [1.807, 2.05) is 25.1 Å². The number of amides is 1. The van der Waals surface area contributed by atoms with Crippen molar-refractivity contribution in [1.29, 1.82) is 0 Å². The van der Waals surface area contributed by atoms with Crippen LogP contribution in [0, 0.1) is 5.92 Å². The van der Waals surface area contributed by atoms with Crippen molar-refractivity contribution in [2.45, 2.75) is 55.8 Å². The van der Waals surface area contributed by atoms with Crippen molar-refractivity contribution in [2.75, 3.05) is 0 Å². The Morgan fingerprint density at radius 1 is 1.42 bits per heavy atom. The van der Waals surface area contributed by atoms with Gasteiger partial charge in [0, 0.05) is 12.2 Å². The average molecular weight is 278 g/mol. The monoisotopic (exact) mass is 278 g/mol. The van der Waals surface area contributed by atoms with Crippen LogP contribution in [-0.4, -0.2) is 22.2 Å². The van der Waals surface area contributed by atoms with E-state index in [4.69, 9.17) is 0 Å². The lowest BCUT2D eigenvalue weighted by molar-refractivity contribution is -0.121. The van der Waals surface area contributed by atoms with Gasteiger partial charge in [-0.2, -0.15) is 0 Å². The van der Waals surface area contributed by atoms with Crippen LogP contribution in [0.2, 0.25) is 0 Å². The number of hydrogen-bond donors (Lipinski definition) is 1. The minimum Gasteiger partial charge on any atom is -0.352 e. The summed E-state index contributed by atoms with van der Waals surface area (Å²) in [4.78, 5) is 16.4. The largest absolute Gasteiger partial charge is 0.352 e. The first-order valence-corrected chi connectivity index (χ1v) is 7.93. The number of aromatic nitrogens is 1. The summed E-state index contributed by atoms with van der Waals surface area (Å²) in [6.07, 6.45) is 6.64. The van der Waals surface area contributed by atoms with Crippen LogP contribution in [0.5, 0.6) is 0 Å². The van der Waals surface area contributed by atoms with Crippen LogP contribution in [0.3, 0.4) is 0 Å². The van der Waals surface area contributed by atoms with E-state index < -0.39 is 0 Å². The van der Waals surface area contributed by atoms with Gasteiger partial charge in [0.15, 0.2) is 0 Å². The van der Waals surface area contributed by atoms with Gasteiger partial charge in [-0.3, -0.25) is 4.79 Å². The summed E-state index contributed by atoms with van der Waals surface area (Å²) in [5.41, 5.74) is 0. The quantitative estimate of drug-likeness (QED) is 0.860. The zero-order chi connectivity index (χ0) is 13.7. The Balaban J connectivity index is 1.85. The van der Waals surface area contributed by atoms with Crippen molar-refractivity contribution in [3.8, 4) is 0 Å². The number of carbonyl (C=O) groups excluding carboxylic acids is 1. The van der Waals surface area contributed by atoms with Gasteiger partial charge in [-0.25, -0.2) is 4.98 Å². The molecule has 1 aromatic rings. The summed E-state index contributed by atoms with van der Waals surface area (Å²) in [6, 6.07) is 6.13. The van der Waals surface area contributed by atoms with Crippen molar-refractivity contribution < 1.29 is 4.79 Å². The normalized spacial score (nSPS) is 24.7. The molecule has 1 aliphatic carbocycles. The van der Waals surface area contributed by atoms with Crippen molar-refractivity contribution in [3.63, 3.8) is 0 Å². The predicted molar refractivity (Wildman–Crippen MR) is 79.1 cm³/mol. The molecule has 4 heteroatoms. The Morgan fingerprint density at radius 2 is 2.21 bits per heavy atom. The average Bonchev–Trinajstić information content (AvgIpc) is 2.42. The summed E-state index contributed by atoms with van der Waals surface area (Å²) < 4.78 is 0. The second-order valence-corrected chi connectivity index (χ2v) is 6.67. The van der Waals surface area contributed by atoms with Gasteiger partial charge >= 0.3 is 0 Å². The van der Waals surface area contributed by atoms with Gasteiger partial charge < -0.3 is 5.32 Å². The van der Waals surface area contributed by atoms with E-state index >= 15 is 0 Å². The Bertz CT molecular complexity index is 410. The third-order valence-corrected chi connectivity index (χ3v) is 4.79. The highest BCUT2D eigenvalue weighted by atomic mass is 32.2. The Kier molecular flexibility index (Phi) is 5.25. The molecular formula is C15H22N2OS. The Labute approximate surface area is 119 Å². The molecule has 1 saturated carbocycles. The van der Waals surface area contributed by atoms with Gasteiger partial charge in [0.25, 0.3) is 0 Å². The summed E-state index contributed by atoms with van der Waals surface area (Å²) >= 11 is 1.52. The summed E-state index contributed by atoms with van der Waals surface area (Å²) in [5.74, 6) is 0.735. The third kappa shape index (κ3) is 4.23. The zero-order valence-corrected chi connectivity index (χ0v) is 12.5. The first-order valence-electron chi connectivity index (χ1n) is 7.05. The highest BCUT2D eigenvalue weighted by molar-refractivity contribution is 8.00. The third-order valence-electron chi connectivity index (χ3n) is 3.74. The van der Waals surface area contributed by atoms with Gasteiger partial charge in [-0.1, -0.05) is 37.6 Å². The predicted octanol–water partition coefficient (Wildman–Crippen LogP) is 3.26. The second-order valence-electron chi connectivity index (χ2n) is 5.30. The van der Waals surface area contributed by atoms with E-state index in [0.717, 1.165) is 11.4 Å². The molecule has 0 unspecified atom stereocenters. The maximum atomic E-state index is 12.2. The molecule has 3 nitrogen and oxygen atoms in total. The molecule has 104 valence electrons. The number of hydrogen-bond acceptors (Lipinski definition) is 3. The highest BCUT2D eigenvalue weighted by Crippen LogP contribution is 2.25. The van der Waals surface area contributed by atoms with Crippen LogP contribution < -0.4 is 5.32 Å². The summed E-state index contributed by atoms with van der Waals surface area (Å²) in [7, 11) is 0. The lowest BCUT2D eigenvalue weighted by Crippen LogP contribution is -2.44. The van der Waals surface area contributed by atoms with Crippen molar-refractivity contribution in [3.05, 3.63) is 24.4 Å². The standard InChI is InChI=1S/C15H22N2OS/c1-11-7-3-4-8-13(11)17-15(18)12(2)19-14-9-5-6-10-16-14/h5-6,9-13H,3-4,7-8H2,1-2H3,(H,17,18)/t11-,12-,13+/m0/s1. The summed E-state index contributed by atoms with van der Waals surface area (Å²) in [6.45, 7) is 4.18. The molecule has 1 aliphatic rings. The molecule has 1 aromatic heterocycles. The van der Waals surface area contributed by atoms with E-state index in [-0.39, 0.29) is 11.2 Å². The number of carbonyl (C=O) groups is 1. The number of pyridine rings is 1. The molecule has 1 N–H and O–H groups in total. The second kappa shape index (κ2) is 6.94. The Morgan fingerprint density at radius 3 is 2.89 bits per heavy atom. The molecule has 0 radical (unpaired) electrons. The molecular weight excluding hydrogens is 256 g/mol. The molecule has 1 heterocycles. The van der Waals surface area contributed by atoms with Crippen LogP contribution in [0.15, 0.2) is 29.4 Å². The van der Waals surface area contributed by atoms with Crippen LogP contribution in [0.1, 0.15) is 39.5 Å². The van der Waals surface area contributed by atoms with Crippen molar-refractivity contribution in [1.82, 2.24) is 10.3 Å². The molecule has 0 spiro atoms. The fourth-order valence-electron chi connectivity index (χ4n) is 2.48. The van der Waals surface area contributed by atoms with Crippen LogP contribution in [-0.2, 0) is 4.79 Å². The molecule has 19 heavy (non-hydrogen) atoms. The van der Waals surface area contributed by atoms with Crippen LogP contribution >= 0.6 is 11.8 Å². The molecule has 0 aliphatic heterocycles. The molecule has 0 aromatic carbocycles. The van der Waals surface area contributed by atoms with Gasteiger partial charge in [-0.15, -0.1) is 0 Å². The van der Waals surface area contributed by atoms with Gasteiger partial charge in [0.2, 0.25) is 5.91 Å². The number of rotatable bonds is 4. The maximum Gasteiger partial charge on any atom is 0.233 e. The smallest absolute Gasteiger partial charge is 0.233 e. The number of thioether (sulfide) groups is 1. The fraction of sp³-hybridized carbons (Fsp3) is 0.600. The van der Waals surface area contributed by atoms with Crippen LogP contribution in [0.25, 0.3) is 0 Å². The van der Waals surface area contributed by atoms with E-state index in [2.05, 4.69) is 17.2 Å². The van der Waals surface area contributed by atoms with E-state index in [0.29, 0.717) is 12.0 Å². The van der Waals surface area contributed by atoms with E-state index in [1.165, 1.54) is 31.0 Å². The molecule has 0 bridgehead atoms. The molecule has 1 fully saturated rings. The minimum atomic E-state index is -0.0935. The lowest BCUT2D eigenvalue weighted by Gasteiger charge is -2.30. The SMILES string of the molecule is C[C@H](Sc1ccccn1)C(=O)N[C@@H]1CCCC[C@@H]1C. The number of nitrogens with one attached hydrogen (secondary N) is 1.